The van der Waals surface area contributed by atoms with Crippen molar-refractivity contribution < 1.29 is 9.59 Å². The Bertz CT molecular complexity index is 1390. The van der Waals surface area contributed by atoms with Crippen molar-refractivity contribution in [3.63, 3.8) is 0 Å². The summed E-state index contributed by atoms with van der Waals surface area (Å²) in [7, 11) is 0. The van der Waals surface area contributed by atoms with Crippen molar-refractivity contribution in [2.45, 2.75) is 47.6 Å². The SMILES string of the molecule is CCN(CC)CCC(=O)c1ccc(C#CCNCc2ccc3nc(NC(=O)C(C)(C)C)[nH]c(=O)c3c2)cc1. The van der Waals surface area contributed by atoms with Crippen LogP contribution in [-0.4, -0.2) is 52.7 Å². The first-order valence-electron chi connectivity index (χ1n) is 13.0. The number of hydrogen-bond acceptors (Lipinski definition) is 6. The van der Waals surface area contributed by atoms with Crippen molar-refractivity contribution in [1.82, 2.24) is 20.2 Å². The number of amides is 1. The first-order chi connectivity index (χ1) is 18.1. The summed E-state index contributed by atoms with van der Waals surface area (Å²) in [4.78, 5) is 46.4. The van der Waals surface area contributed by atoms with E-state index < -0.39 is 5.41 Å². The number of ketones is 1. The van der Waals surface area contributed by atoms with Crippen molar-refractivity contribution in [3.05, 3.63) is 69.5 Å². The van der Waals surface area contributed by atoms with Gasteiger partial charge in [-0.1, -0.05) is 64.7 Å². The van der Waals surface area contributed by atoms with Crippen LogP contribution in [0.4, 0.5) is 5.95 Å². The molecule has 3 N–H and O–H groups in total. The van der Waals surface area contributed by atoms with E-state index in [9.17, 15) is 14.4 Å². The van der Waals surface area contributed by atoms with Crippen LogP contribution in [0.3, 0.4) is 0 Å². The van der Waals surface area contributed by atoms with Gasteiger partial charge in [0.25, 0.3) is 5.56 Å². The van der Waals surface area contributed by atoms with Crippen molar-refractivity contribution >= 4 is 28.5 Å². The first kappa shape index (κ1) is 28.8. The van der Waals surface area contributed by atoms with E-state index in [1.165, 1.54) is 0 Å². The van der Waals surface area contributed by atoms with E-state index in [1.54, 1.807) is 32.9 Å². The smallest absolute Gasteiger partial charge is 0.260 e. The molecule has 0 spiro atoms. The molecule has 1 amide bonds. The van der Waals surface area contributed by atoms with Crippen LogP contribution in [0.25, 0.3) is 10.9 Å². The maximum Gasteiger partial charge on any atom is 0.260 e. The van der Waals surface area contributed by atoms with Gasteiger partial charge in [0.05, 0.1) is 17.4 Å². The molecule has 8 heteroatoms. The van der Waals surface area contributed by atoms with E-state index >= 15 is 0 Å². The highest BCUT2D eigenvalue weighted by atomic mass is 16.2. The first-order valence-corrected chi connectivity index (χ1v) is 13.0. The number of rotatable bonds is 10. The van der Waals surface area contributed by atoms with Gasteiger partial charge in [-0.05, 0) is 42.9 Å². The fourth-order valence-corrected chi connectivity index (χ4v) is 3.75. The molecule has 0 saturated heterocycles. The molecular weight excluding hydrogens is 478 g/mol. The molecule has 8 nitrogen and oxygen atoms in total. The summed E-state index contributed by atoms with van der Waals surface area (Å²) in [5, 5.41) is 6.37. The highest BCUT2D eigenvalue weighted by molar-refractivity contribution is 5.96. The average Bonchev–Trinajstić information content (AvgIpc) is 2.89. The summed E-state index contributed by atoms with van der Waals surface area (Å²) in [6.45, 7) is 13.2. The Kier molecular flexibility index (Phi) is 9.94. The molecule has 3 aromatic rings. The predicted molar refractivity (Wildman–Crippen MR) is 152 cm³/mol. The Morgan fingerprint density at radius 1 is 1.05 bits per heavy atom. The third-order valence-corrected chi connectivity index (χ3v) is 6.21. The monoisotopic (exact) mass is 515 g/mol. The minimum Gasteiger partial charge on any atom is -0.303 e. The number of Topliss-reactive ketones (excluding diaryl/α,β-unsaturated/α-hetero) is 1. The minimum absolute atomic E-state index is 0.139. The van der Waals surface area contributed by atoms with Gasteiger partial charge in [-0.25, -0.2) is 4.98 Å². The second kappa shape index (κ2) is 13.1. The summed E-state index contributed by atoms with van der Waals surface area (Å²) in [5.74, 6) is 6.26. The molecule has 0 fully saturated rings. The van der Waals surface area contributed by atoms with E-state index in [4.69, 9.17) is 0 Å². The Morgan fingerprint density at radius 3 is 2.42 bits per heavy atom. The van der Waals surface area contributed by atoms with Crippen LogP contribution in [0.1, 0.15) is 62.5 Å². The van der Waals surface area contributed by atoms with Gasteiger partial charge in [0.1, 0.15) is 0 Å². The zero-order valence-electron chi connectivity index (χ0n) is 22.9. The summed E-state index contributed by atoms with van der Waals surface area (Å²) >= 11 is 0. The van der Waals surface area contributed by atoms with Crippen LogP contribution in [0.2, 0.25) is 0 Å². The standard InChI is InChI=1S/C30H37N5O3/c1-6-35(7-2)18-16-26(36)23-13-10-21(11-14-23)9-8-17-31-20-22-12-15-25-24(19-22)27(37)33-29(32-25)34-28(38)30(3,4)5/h10-15,19,31H,6-7,16-18,20H2,1-5H3,(H2,32,33,34,37,38). The molecular formula is C30H37N5O3. The van der Waals surface area contributed by atoms with Crippen LogP contribution in [0.5, 0.6) is 0 Å². The summed E-state index contributed by atoms with van der Waals surface area (Å²) in [6.07, 6.45) is 0.516. The lowest BCUT2D eigenvalue weighted by molar-refractivity contribution is -0.123. The Hall–Kier alpha value is -3.80. The number of carbonyl (C=O) groups is 2. The Labute approximate surface area is 224 Å². The molecule has 0 atom stereocenters. The third kappa shape index (κ3) is 8.10. The zero-order chi connectivity index (χ0) is 27.7. The van der Waals surface area contributed by atoms with Crippen LogP contribution in [-0.2, 0) is 11.3 Å². The maximum absolute atomic E-state index is 12.6. The largest absolute Gasteiger partial charge is 0.303 e. The van der Waals surface area contributed by atoms with Crippen molar-refractivity contribution in [2.24, 2.45) is 5.41 Å². The quantitative estimate of drug-likeness (QED) is 0.214. The molecule has 2 aromatic carbocycles. The van der Waals surface area contributed by atoms with Crippen molar-refractivity contribution in [3.8, 4) is 11.8 Å². The number of H-pyrrole nitrogens is 1. The minimum atomic E-state index is -0.598. The molecule has 1 aromatic heterocycles. The Morgan fingerprint density at radius 2 is 1.76 bits per heavy atom. The van der Waals surface area contributed by atoms with E-state index in [0.717, 1.165) is 30.8 Å². The number of aromatic amines is 1. The molecule has 0 aliphatic rings. The molecule has 3 rings (SSSR count). The fourth-order valence-electron chi connectivity index (χ4n) is 3.75. The number of anilines is 1. The molecule has 1 heterocycles. The lowest BCUT2D eigenvalue weighted by Gasteiger charge is -2.17. The summed E-state index contributed by atoms with van der Waals surface area (Å²) in [5.41, 5.74) is 2.09. The molecule has 0 bridgehead atoms. The summed E-state index contributed by atoms with van der Waals surface area (Å²) in [6, 6.07) is 12.9. The molecule has 0 radical (unpaired) electrons. The van der Waals surface area contributed by atoms with E-state index in [0.29, 0.717) is 36.0 Å². The molecule has 0 aliphatic carbocycles. The molecule has 0 unspecified atom stereocenters. The fraction of sp³-hybridized carbons (Fsp3) is 0.400. The van der Waals surface area contributed by atoms with Gasteiger partial charge in [0, 0.05) is 36.1 Å². The topological polar surface area (TPSA) is 107 Å². The summed E-state index contributed by atoms with van der Waals surface area (Å²) < 4.78 is 0. The van der Waals surface area contributed by atoms with Crippen LogP contribution < -0.4 is 16.2 Å². The van der Waals surface area contributed by atoms with Gasteiger partial charge in [0.15, 0.2) is 5.78 Å². The van der Waals surface area contributed by atoms with Gasteiger partial charge in [-0.3, -0.25) is 24.7 Å². The van der Waals surface area contributed by atoms with Gasteiger partial charge in [-0.15, -0.1) is 0 Å². The molecule has 200 valence electrons. The number of fused-ring (bicyclic) bond motifs is 1. The lowest BCUT2D eigenvalue weighted by atomic mass is 9.96. The predicted octanol–water partition coefficient (Wildman–Crippen LogP) is 3.96. The van der Waals surface area contributed by atoms with E-state index in [-0.39, 0.29) is 23.2 Å². The van der Waals surface area contributed by atoms with E-state index in [2.05, 4.69) is 51.2 Å². The maximum atomic E-state index is 12.6. The molecule has 0 aliphatic heterocycles. The normalized spacial score (nSPS) is 11.3. The number of aromatic nitrogens is 2. The van der Waals surface area contributed by atoms with Gasteiger partial charge in [-0.2, -0.15) is 0 Å². The van der Waals surface area contributed by atoms with Crippen molar-refractivity contribution in [2.75, 3.05) is 31.5 Å². The van der Waals surface area contributed by atoms with Gasteiger partial charge >= 0.3 is 0 Å². The second-order valence-corrected chi connectivity index (χ2v) is 10.2. The number of carbonyl (C=O) groups excluding carboxylic acids is 2. The third-order valence-electron chi connectivity index (χ3n) is 6.21. The number of nitrogens with one attached hydrogen (secondary N) is 3. The highest BCUT2D eigenvalue weighted by Crippen LogP contribution is 2.17. The zero-order valence-corrected chi connectivity index (χ0v) is 22.9. The Balaban J connectivity index is 1.53. The second-order valence-electron chi connectivity index (χ2n) is 10.2. The number of hydrogen-bond donors (Lipinski definition) is 3. The molecule has 0 saturated carbocycles. The lowest BCUT2D eigenvalue weighted by Crippen LogP contribution is -2.29. The van der Waals surface area contributed by atoms with E-state index in [1.807, 2.05) is 30.3 Å². The van der Waals surface area contributed by atoms with Gasteiger partial charge in [0.2, 0.25) is 11.9 Å². The van der Waals surface area contributed by atoms with Crippen LogP contribution in [0.15, 0.2) is 47.3 Å². The highest BCUT2D eigenvalue weighted by Gasteiger charge is 2.22. The van der Waals surface area contributed by atoms with Crippen LogP contribution >= 0.6 is 0 Å². The molecule has 38 heavy (non-hydrogen) atoms. The number of nitrogens with zero attached hydrogens (tertiary/aromatic N) is 2. The van der Waals surface area contributed by atoms with Gasteiger partial charge < -0.3 is 10.2 Å². The average molecular weight is 516 g/mol. The number of benzene rings is 2. The van der Waals surface area contributed by atoms with Crippen LogP contribution in [0, 0.1) is 17.3 Å². The van der Waals surface area contributed by atoms with Crippen molar-refractivity contribution in [1.29, 1.82) is 0 Å².